The lowest BCUT2D eigenvalue weighted by Crippen LogP contribution is -2.11. The third-order valence-electron chi connectivity index (χ3n) is 0.283. The highest BCUT2D eigenvalue weighted by atomic mass is 32.2. The zero-order valence-electron chi connectivity index (χ0n) is 3.88. The van der Waals surface area contributed by atoms with E-state index in [1.807, 2.05) is 0 Å². The molecule has 1 N–H and O–H groups in total. The van der Waals surface area contributed by atoms with Gasteiger partial charge in [-0.25, -0.2) is 8.42 Å². The zero-order chi connectivity index (χ0) is 5.70. The molecular weight excluding hydrogens is 118 g/mol. The molecule has 0 radical (unpaired) electrons. The van der Waals surface area contributed by atoms with Gasteiger partial charge < -0.3 is 0 Å². The molecule has 0 heterocycles. The third kappa shape index (κ3) is 5.87. The van der Waals surface area contributed by atoms with Crippen LogP contribution in [-0.4, -0.2) is 15.0 Å². The monoisotopic (exact) mass is 125 g/mol. The topological polar surface area (TPSA) is 55.4 Å². The molecule has 0 bridgehead atoms. The Labute approximate surface area is 43.6 Å². The van der Waals surface area contributed by atoms with Crippen molar-refractivity contribution in [3.8, 4) is 0 Å². The molecule has 7 heavy (non-hydrogen) atoms. The summed E-state index contributed by atoms with van der Waals surface area (Å²) in [5.74, 6) is 0. The van der Waals surface area contributed by atoms with E-state index in [2.05, 4.69) is 9.76 Å². The van der Waals surface area contributed by atoms with E-state index in [9.17, 15) is 8.42 Å². The fourth-order valence-electron chi connectivity index (χ4n) is 0.117. The van der Waals surface area contributed by atoms with E-state index < -0.39 is 11.0 Å². The van der Waals surface area contributed by atoms with E-state index in [1.54, 1.807) is 6.92 Å². The Morgan fingerprint density at radius 3 is 2.43 bits per heavy atom. The summed E-state index contributed by atoms with van der Waals surface area (Å²) >= 11 is 0. The van der Waals surface area contributed by atoms with E-state index in [0.717, 1.165) is 0 Å². The number of hydroxylamine groups is 1. The molecule has 0 aromatic heterocycles. The highest BCUT2D eigenvalue weighted by Crippen LogP contribution is 1.59. The van der Waals surface area contributed by atoms with Crippen molar-refractivity contribution >= 4 is 11.0 Å². The van der Waals surface area contributed by atoms with Gasteiger partial charge in [-0.2, -0.15) is 9.76 Å². The average molecular weight is 125 g/mol. The Morgan fingerprint density at radius 2 is 2.29 bits per heavy atom. The molecule has 0 saturated carbocycles. The minimum absolute atomic E-state index is 0.489. The fraction of sp³-hybridized carbons (Fsp3) is 1.00. The zero-order valence-corrected chi connectivity index (χ0v) is 4.77. The van der Waals surface area contributed by atoms with Crippen molar-refractivity contribution in [1.29, 1.82) is 0 Å². The summed E-state index contributed by atoms with van der Waals surface area (Å²) in [4.78, 5) is 0. The molecule has 0 aliphatic rings. The number of hydrogen-bond acceptors (Lipinski definition) is 4. The molecule has 0 aliphatic heterocycles. The Hall–Kier alpha value is -0.130. The third-order valence-corrected chi connectivity index (χ3v) is 0.562. The van der Waals surface area contributed by atoms with Gasteiger partial charge >= 0.3 is 0 Å². The van der Waals surface area contributed by atoms with Crippen molar-refractivity contribution in [3.63, 3.8) is 0 Å². The van der Waals surface area contributed by atoms with Crippen molar-refractivity contribution in [1.82, 2.24) is 5.48 Å². The predicted molar refractivity (Wildman–Crippen MR) is 25.1 cm³/mol. The lowest BCUT2D eigenvalue weighted by Gasteiger charge is -1.88. The second kappa shape index (κ2) is 4.04. The first-order chi connectivity index (χ1) is 3.27. The molecule has 0 aromatic rings. The number of nitrogens with one attached hydrogen (secondary N) is 1. The molecule has 44 valence electrons. The van der Waals surface area contributed by atoms with Crippen LogP contribution in [0.1, 0.15) is 6.92 Å². The quantitative estimate of drug-likeness (QED) is 0.377. The van der Waals surface area contributed by atoms with Gasteiger partial charge in [0.25, 0.3) is 11.0 Å². The van der Waals surface area contributed by atoms with Gasteiger partial charge in [0, 0.05) is 6.54 Å². The summed E-state index contributed by atoms with van der Waals surface area (Å²) in [6.45, 7) is 2.22. The summed E-state index contributed by atoms with van der Waals surface area (Å²) in [6.07, 6.45) is 0. The molecule has 4 nitrogen and oxygen atoms in total. The maximum atomic E-state index is 9.51. The van der Waals surface area contributed by atoms with Gasteiger partial charge in [0.15, 0.2) is 0 Å². The van der Waals surface area contributed by atoms with Gasteiger partial charge in [0.1, 0.15) is 0 Å². The summed E-state index contributed by atoms with van der Waals surface area (Å²) in [6, 6.07) is 0. The van der Waals surface area contributed by atoms with Crippen molar-refractivity contribution in [2.24, 2.45) is 0 Å². The van der Waals surface area contributed by atoms with Crippen molar-refractivity contribution in [3.05, 3.63) is 0 Å². The molecule has 0 aliphatic carbocycles. The van der Waals surface area contributed by atoms with Crippen LogP contribution < -0.4 is 5.48 Å². The van der Waals surface area contributed by atoms with Gasteiger partial charge in [-0.3, -0.25) is 0 Å². The van der Waals surface area contributed by atoms with Gasteiger partial charge in [0.05, 0.1) is 0 Å². The second-order valence-electron chi connectivity index (χ2n) is 0.813. The Bertz CT molecular complexity index is 91.1. The molecule has 5 heteroatoms. The van der Waals surface area contributed by atoms with Gasteiger partial charge in [0.2, 0.25) is 0 Å². The van der Waals surface area contributed by atoms with Crippen LogP contribution in [0.15, 0.2) is 0 Å². The van der Waals surface area contributed by atoms with Gasteiger partial charge in [-0.05, 0) is 0 Å². The highest BCUT2D eigenvalue weighted by molar-refractivity contribution is 7.67. The van der Waals surface area contributed by atoms with E-state index in [4.69, 9.17) is 0 Å². The highest BCUT2D eigenvalue weighted by Gasteiger charge is 1.76. The first kappa shape index (κ1) is 6.87. The summed E-state index contributed by atoms with van der Waals surface area (Å²) in [7, 11) is -2.72. The summed E-state index contributed by atoms with van der Waals surface area (Å²) < 4.78 is 22.9. The van der Waals surface area contributed by atoms with Crippen LogP contribution >= 0.6 is 0 Å². The molecule has 0 saturated heterocycles. The average Bonchev–Trinajstić information content (AvgIpc) is 1.61. The molecule has 0 amide bonds. The second-order valence-corrected chi connectivity index (χ2v) is 1.44. The van der Waals surface area contributed by atoms with Crippen molar-refractivity contribution in [2.45, 2.75) is 6.92 Å². The van der Waals surface area contributed by atoms with Crippen LogP contribution in [0.2, 0.25) is 0 Å². The van der Waals surface area contributed by atoms with Crippen LogP contribution in [-0.2, 0) is 15.3 Å². The Morgan fingerprint density at radius 1 is 1.71 bits per heavy atom. The maximum Gasteiger partial charge on any atom is 0.273 e. The fourth-order valence-corrected chi connectivity index (χ4v) is 0.352. The van der Waals surface area contributed by atoms with Crippen LogP contribution in [0, 0.1) is 0 Å². The lowest BCUT2D eigenvalue weighted by molar-refractivity contribution is 0.221. The minimum Gasteiger partial charge on any atom is -0.201 e. The van der Waals surface area contributed by atoms with Gasteiger partial charge in [-0.1, -0.05) is 6.92 Å². The van der Waals surface area contributed by atoms with E-state index in [-0.39, 0.29) is 0 Å². The number of hydrogen-bond donors (Lipinski definition) is 2. The largest absolute Gasteiger partial charge is 0.273 e. The Balaban J connectivity index is 2.98. The molecule has 0 unspecified atom stereocenters. The number of thiol groups is 1. The lowest BCUT2D eigenvalue weighted by atomic mass is 10.8. The van der Waals surface area contributed by atoms with Crippen molar-refractivity contribution < 1.29 is 12.7 Å². The van der Waals surface area contributed by atoms with Crippen molar-refractivity contribution in [2.75, 3.05) is 6.54 Å². The molecular formula is C2H7NO3S. The summed E-state index contributed by atoms with van der Waals surface area (Å²) in [5, 5.41) is 0. The van der Waals surface area contributed by atoms with E-state index in [0.29, 0.717) is 6.54 Å². The standard InChI is InChI=1S/C2H7NO3S/c1-2-3-6-7(4)5/h3,7H,2H2,1H3. The smallest absolute Gasteiger partial charge is 0.201 e. The normalized spacial score (nSPS) is 10.0. The maximum absolute atomic E-state index is 9.51. The molecule has 0 spiro atoms. The van der Waals surface area contributed by atoms with Crippen LogP contribution in [0.5, 0.6) is 0 Å². The first-order valence-electron chi connectivity index (χ1n) is 1.81. The molecule has 0 aromatic carbocycles. The van der Waals surface area contributed by atoms with Crippen LogP contribution in [0.3, 0.4) is 0 Å². The SMILES string of the molecule is CCNO[SH](=O)=O. The molecule has 0 rings (SSSR count). The summed E-state index contributed by atoms with van der Waals surface area (Å²) in [5.41, 5.74) is 2.15. The van der Waals surface area contributed by atoms with E-state index >= 15 is 0 Å². The predicted octanol–water partition coefficient (Wildman–Crippen LogP) is -0.946. The van der Waals surface area contributed by atoms with Crippen LogP contribution in [0.4, 0.5) is 0 Å². The first-order valence-corrected chi connectivity index (χ1v) is 2.91. The Kier molecular flexibility index (Phi) is 3.97. The molecule has 0 atom stereocenters. The van der Waals surface area contributed by atoms with E-state index in [1.165, 1.54) is 0 Å². The van der Waals surface area contributed by atoms with Gasteiger partial charge in [-0.15, -0.1) is 0 Å². The minimum atomic E-state index is -2.72. The van der Waals surface area contributed by atoms with Crippen LogP contribution in [0.25, 0.3) is 0 Å². The number of rotatable bonds is 3. The molecule has 0 fully saturated rings.